The third-order valence-corrected chi connectivity index (χ3v) is 6.15. The number of carbonyl (C=O) groups is 1. The van der Waals surface area contributed by atoms with Crippen LogP contribution in [-0.2, 0) is 21.2 Å². The van der Waals surface area contributed by atoms with Gasteiger partial charge in [0.2, 0.25) is 5.91 Å². The predicted molar refractivity (Wildman–Crippen MR) is 130 cm³/mol. The molecule has 0 aliphatic heterocycles. The molecule has 0 spiro atoms. The maximum Gasteiger partial charge on any atom is 0.261 e. The summed E-state index contributed by atoms with van der Waals surface area (Å²) in [6, 6.07) is 19.5. The third kappa shape index (κ3) is 6.68. The van der Waals surface area contributed by atoms with E-state index in [1.54, 1.807) is 60.7 Å². The second kappa shape index (κ2) is 10.4. The molecule has 1 amide bonds. The van der Waals surface area contributed by atoms with Crippen LogP contribution in [0.25, 0.3) is 0 Å². The highest BCUT2D eigenvalue weighted by molar-refractivity contribution is 7.92. The highest BCUT2D eigenvalue weighted by Crippen LogP contribution is 2.20. The minimum absolute atomic E-state index is 0.0801. The predicted octanol–water partition coefficient (Wildman–Crippen LogP) is 4.21. The van der Waals surface area contributed by atoms with Crippen LogP contribution in [0.2, 0.25) is 5.02 Å². The lowest BCUT2D eigenvalue weighted by molar-refractivity contribution is -0.119. The largest absolute Gasteiger partial charge is 0.497 e. The summed E-state index contributed by atoms with van der Waals surface area (Å²) in [5, 5.41) is 6.14. The van der Waals surface area contributed by atoms with Gasteiger partial charge in [0.25, 0.3) is 10.0 Å². The maximum absolute atomic E-state index is 12.6. The summed E-state index contributed by atoms with van der Waals surface area (Å²) in [6.07, 6.45) is 0.146. The summed E-state index contributed by atoms with van der Waals surface area (Å²) in [7, 11) is -2.23. The number of thiocarbonyl (C=S) groups is 1. The molecule has 10 heteroatoms. The van der Waals surface area contributed by atoms with Crippen molar-refractivity contribution in [3.05, 3.63) is 83.4 Å². The molecule has 166 valence electrons. The summed E-state index contributed by atoms with van der Waals surface area (Å²) >= 11 is 11.0. The minimum atomic E-state index is -3.77. The Morgan fingerprint density at radius 3 is 2.12 bits per heavy atom. The highest BCUT2D eigenvalue weighted by atomic mass is 35.5. The van der Waals surface area contributed by atoms with E-state index in [4.69, 9.17) is 28.6 Å². The van der Waals surface area contributed by atoms with Crippen LogP contribution in [-0.4, -0.2) is 26.5 Å². The zero-order valence-electron chi connectivity index (χ0n) is 17.0. The van der Waals surface area contributed by atoms with E-state index in [0.29, 0.717) is 22.1 Å². The highest BCUT2D eigenvalue weighted by Gasteiger charge is 2.14. The van der Waals surface area contributed by atoms with Crippen LogP contribution < -0.4 is 20.1 Å². The molecule has 0 bridgehead atoms. The van der Waals surface area contributed by atoms with E-state index in [1.807, 2.05) is 0 Å². The molecule has 0 saturated carbocycles. The number of rotatable bonds is 7. The van der Waals surface area contributed by atoms with Gasteiger partial charge in [-0.2, -0.15) is 0 Å². The standard InChI is InChI=1S/C22H20ClN3O4S2/c1-30-19-10-6-18(7-11-19)26-32(28,29)20-12-8-17(9-13-20)24-22(31)25-21(27)14-15-2-4-16(23)5-3-15/h2-13,26H,14H2,1H3,(H2,24,25,27,31). The van der Waals surface area contributed by atoms with Crippen molar-refractivity contribution in [3.8, 4) is 5.75 Å². The van der Waals surface area contributed by atoms with Crippen LogP contribution in [0.1, 0.15) is 5.56 Å². The number of ether oxygens (including phenoxy) is 1. The molecular weight excluding hydrogens is 470 g/mol. The Morgan fingerprint density at radius 2 is 1.53 bits per heavy atom. The zero-order chi connectivity index (χ0) is 23.1. The Kier molecular flexibility index (Phi) is 7.68. The number of methoxy groups -OCH3 is 1. The average molecular weight is 490 g/mol. The molecule has 3 rings (SSSR count). The van der Waals surface area contributed by atoms with E-state index < -0.39 is 10.0 Å². The molecule has 3 aromatic rings. The summed E-state index contributed by atoms with van der Waals surface area (Å²) in [4.78, 5) is 12.2. The maximum atomic E-state index is 12.6. The fourth-order valence-electron chi connectivity index (χ4n) is 2.71. The quantitative estimate of drug-likeness (QED) is 0.430. The van der Waals surface area contributed by atoms with Gasteiger partial charge in [0.1, 0.15) is 5.75 Å². The van der Waals surface area contributed by atoms with Crippen LogP contribution in [0.4, 0.5) is 11.4 Å². The first kappa shape index (κ1) is 23.5. The lowest BCUT2D eigenvalue weighted by Crippen LogP contribution is -2.35. The van der Waals surface area contributed by atoms with Crippen LogP contribution in [0, 0.1) is 0 Å². The molecule has 32 heavy (non-hydrogen) atoms. The summed E-state index contributed by atoms with van der Waals surface area (Å²) in [5.74, 6) is 0.340. The third-order valence-electron chi connectivity index (χ3n) is 4.30. The number of anilines is 2. The Morgan fingerprint density at radius 1 is 0.938 bits per heavy atom. The molecule has 0 radical (unpaired) electrons. The fourth-order valence-corrected chi connectivity index (χ4v) is 4.13. The number of benzene rings is 3. The molecule has 3 aromatic carbocycles. The van der Waals surface area contributed by atoms with Gasteiger partial charge in [-0.15, -0.1) is 0 Å². The topological polar surface area (TPSA) is 96.5 Å². The van der Waals surface area contributed by atoms with Gasteiger partial charge in [-0.05, 0) is 78.4 Å². The van der Waals surface area contributed by atoms with Crippen molar-refractivity contribution in [2.24, 2.45) is 0 Å². The Hall–Kier alpha value is -3.14. The van der Waals surface area contributed by atoms with Crippen LogP contribution in [0.15, 0.2) is 77.7 Å². The average Bonchev–Trinajstić information content (AvgIpc) is 2.76. The SMILES string of the molecule is COc1ccc(NS(=O)(=O)c2ccc(NC(=S)NC(=O)Cc3ccc(Cl)cc3)cc2)cc1. The second-order valence-corrected chi connectivity index (χ2v) is 9.19. The van der Waals surface area contributed by atoms with Gasteiger partial charge in [0, 0.05) is 16.4 Å². The smallest absolute Gasteiger partial charge is 0.261 e. The van der Waals surface area contributed by atoms with Crippen molar-refractivity contribution in [1.82, 2.24) is 5.32 Å². The summed E-state index contributed by atoms with van der Waals surface area (Å²) in [5.41, 5.74) is 1.75. The Labute approximate surface area is 196 Å². The zero-order valence-corrected chi connectivity index (χ0v) is 19.4. The van der Waals surface area contributed by atoms with E-state index in [1.165, 1.54) is 19.2 Å². The van der Waals surface area contributed by atoms with Gasteiger partial charge in [0.05, 0.1) is 18.4 Å². The molecule has 0 atom stereocenters. The summed E-state index contributed by atoms with van der Waals surface area (Å²) in [6.45, 7) is 0. The first-order valence-corrected chi connectivity index (χ1v) is 11.6. The number of sulfonamides is 1. The number of hydrogen-bond acceptors (Lipinski definition) is 5. The molecule has 0 saturated heterocycles. The van der Waals surface area contributed by atoms with Gasteiger partial charge in [0.15, 0.2) is 5.11 Å². The number of halogens is 1. The molecule has 0 aliphatic carbocycles. The van der Waals surface area contributed by atoms with Crippen molar-refractivity contribution < 1.29 is 17.9 Å². The molecule has 0 aromatic heterocycles. The first-order chi connectivity index (χ1) is 15.2. The van der Waals surface area contributed by atoms with Gasteiger partial charge in [-0.3, -0.25) is 9.52 Å². The van der Waals surface area contributed by atoms with Gasteiger partial charge in [-0.25, -0.2) is 8.42 Å². The number of amides is 1. The number of carbonyl (C=O) groups excluding carboxylic acids is 1. The second-order valence-electron chi connectivity index (χ2n) is 6.66. The monoisotopic (exact) mass is 489 g/mol. The normalized spacial score (nSPS) is 10.8. The lowest BCUT2D eigenvalue weighted by atomic mass is 10.1. The number of nitrogens with one attached hydrogen (secondary N) is 3. The molecular formula is C22H20ClN3O4S2. The van der Waals surface area contributed by atoms with E-state index in [0.717, 1.165) is 5.56 Å². The van der Waals surface area contributed by atoms with Gasteiger partial charge >= 0.3 is 0 Å². The minimum Gasteiger partial charge on any atom is -0.497 e. The molecule has 0 aliphatic rings. The Bertz CT molecular complexity index is 1200. The van der Waals surface area contributed by atoms with E-state index in [2.05, 4.69) is 15.4 Å². The first-order valence-electron chi connectivity index (χ1n) is 9.37. The van der Waals surface area contributed by atoms with Crippen LogP contribution in [0.3, 0.4) is 0 Å². The molecule has 0 heterocycles. The van der Waals surface area contributed by atoms with Crippen molar-refractivity contribution in [1.29, 1.82) is 0 Å². The van der Waals surface area contributed by atoms with Crippen molar-refractivity contribution >= 4 is 56.2 Å². The van der Waals surface area contributed by atoms with Gasteiger partial charge < -0.3 is 15.4 Å². The van der Waals surface area contributed by atoms with Crippen molar-refractivity contribution in [3.63, 3.8) is 0 Å². The molecule has 0 fully saturated rings. The molecule has 3 N–H and O–H groups in total. The van der Waals surface area contributed by atoms with Gasteiger partial charge in [-0.1, -0.05) is 23.7 Å². The van der Waals surface area contributed by atoms with Crippen LogP contribution >= 0.6 is 23.8 Å². The lowest BCUT2D eigenvalue weighted by Gasteiger charge is -2.11. The van der Waals surface area contributed by atoms with E-state index in [9.17, 15) is 13.2 Å². The van der Waals surface area contributed by atoms with Crippen molar-refractivity contribution in [2.75, 3.05) is 17.1 Å². The van der Waals surface area contributed by atoms with E-state index >= 15 is 0 Å². The summed E-state index contributed by atoms with van der Waals surface area (Å²) < 4.78 is 32.7. The Balaban J connectivity index is 1.56. The number of hydrogen-bond donors (Lipinski definition) is 3. The van der Waals surface area contributed by atoms with Crippen LogP contribution in [0.5, 0.6) is 5.75 Å². The fraction of sp³-hybridized carbons (Fsp3) is 0.0909. The van der Waals surface area contributed by atoms with Crippen molar-refractivity contribution in [2.45, 2.75) is 11.3 Å². The molecule has 0 unspecified atom stereocenters. The van der Waals surface area contributed by atoms with E-state index in [-0.39, 0.29) is 22.3 Å². The molecule has 7 nitrogen and oxygen atoms in total.